The molecule has 7 heteroatoms. The van der Waals surface area contributed by atoms with Gasteiger partial charge in [-0.2, -0.15) is 0 Å². The first kappa shape index (κ1) is 28.1. The lowest BCUT2D eigenvalue weighted by atomic mass is 9.55. The zero-order chi connectivity index (χ0) is 28.6. The van der Waals surface area contributed by atoms with Gasteiger partial charge in [0, 0.05) is 24.8 Å². The number of fused-ring (bicyclic) bond motifs is 5. The number of rotatable bonds is 7. The van der Waals surface area contributed by atoms with Gasteiger partial charge in [0.15, 0.2) is 11.5 Å². The minimum absolute atomic E-state index is 0.0145. The van der Waals surface area contributed by atoms with Crippen LogP contribution in [-0.2, 0) is 20.7 Å². The number of methoxy groups -OCH3 is 3. The lowest BCUT2D eigenvalue weighted by Crippen LogP contribution is -2.45. The summed E-state index contributed by atoms with van der Waals surface area (Å²) in [5.74, 6) is 3.27. The van der Waals surface area contributed by atoms with Gasteiger partial charge in [-0.05, 0) is 97.2 Å². The number of aryl methyl sites for hydroxylation is 1. The van der Waals surface area contributed by atoms with Gasteiger partial charge < -0.3 is 23.7 Å². The first-order chi connectivity index (χ1) is 19.2. The average molecular weight is 549 g/mol. The molecule has 5 rings (SSSR count). The Kier molecular flexibility index (Phi) is 7.85. The molecule has 0 unspecified atom stereocenters. The molecule has 2 fully saturated rings. The third kappa shape index (κ3) is 5.06. The van der Waals surface area contributed by atoms with Crippen molar-refractivity contribution in [1.29, 1.82) is 0 Å². The van der Waals surface area contributed by atoms with Crippen molar-refractivity contribution in [1.82, 2.24) is 0 Å². The molecule has 0 spiro atoms. The molecule has 7 nitrogen and oxygen atoms in total. The fraction of sp³-hybridized carbons (Fsp3) is 0.515. The number of hydrogen-bond donors (Lipinski definition) is 0. The van der Waals surface area contributed by atoms with Gasteiger partial charge in [-0.25, -0.2) is 0 Å². The Morgan fingerprint density at radius 2 is 1.57 bits per heavy atom. The number of benzene rings is 2. The van der Waals surface area contributed by atoms with E-state index >= 15 is 0 Å². The highest BCUT2D eigenvalue weighted by Crippen LogP contribution is 2.61. The summed E-state index contributed by atoms with van der Waals surface area (Å²) >= 11 is 0. The van der Waals surface area contributed by atoms with Gasteiger partial charge in [0.25, 0.3) is 0 Å². The molecular formula is C33H40O7. The second kappa shape index (κ2) is 11.2. The van der Waals surface area contributed by atoms with Gasteiger partial charge in [-0.3, -0.25) is 9.59 Å². The summed E-state index contributed by atoms with van der Waals surface area (Å²) in [5.41, 5.74) is 4.39. The summed E-state index contributed by atoms with van der Waals surface area (Å²) in [6.07, 6.45) is 10.2. The van der Waals surface area contributed by atoms with Crippen LogP contribution in [0.1, 0.15) is 81.0 Å². The van der Waals surface area contributed by atoms with Crippen molar-refractivity contribution >= 4 is 24.1 Å². The molecule has 3 aliphatic rings. The van der Waals surface area contributed by atoms with Gasteiger partial charge in [-0.15, -0.1) is 0 Å². The molecule has 0 heterocycles. The number of esters is 2. The third-order valence-electron chi connectivity index (χ3n) is 9.47. The molecular weight excluding hydrogens is 508 g/mol. The molecule has 0 N–H and O–H groups in total. The Balaban J connectivity index is 1.49. The molecule has 0 amide bonds. The Labute approximate surface area is 236 Å². The summed E-state index contributed by atoms with van der Waals surface area (Å²) in [6, 6.07) is 8.06. The van der Waals surface area contributed by atoms with Crippen LogP contribution < -0.4 is 18.9 Å². The lowest BCUT2D eigenvalue weighted by Gasteiger charge is -2.50. The van der Waals surface area contributed by atoms with Crippen molar-refractivity contribution in [3.63, 3.8) is 0 Å². The SMILES string of the molecule is COc1cc(/C=C\c2cc3c(cc2OC(C)=O)CC[C@@H]2[C@@H]3CC[C@]3(C)[C@@H](OC(C)=O)CC[C@@H]23)cc(OC)c1OC. The van der Waals surface area contributed by atoms with Crippen molar-refractivity contribution < 1.29 is 33.3 Å². The van der Waals surface area contributed by atoms with E-state index in [2.05, 4.69) is 19.1 Å². The van der Waals surface area contributed by atoms with Crippen LogP contribution in [0.2, 0.25) is 0 Å². The lowest BCUT2D eigenvalue weighted by molar-refractivity contribution is -0.154. The molecule has 2 aromatic rings. The number of ether oxygens (including phenoxy) is 5. The maximum atomic E-state index is 12.0. The summed E-state index contributed by atoms with van der Waals surface area (Å²) in [6.45, 7) is 5.29. The Morgan fingerprint density at radius 1 is 0.850 bits per heavy atom. The Bertz CT molecular complexity index is 1300. The van der Waals surface area contributed by atoms with Gasteiger partial charge in [0.1, 0.15) is 11.9 Å². The van der Waals surface area contributed by atoms with Crippen LogP contribution in [0, 0.1) is 17.3 Å². The molecule has 2 saturated carbocycles. The van der Waals surface area contributed by atoms with E-state index in [1.54, 1.807) is 21.3 Å². The maximum Gasteiger partial charge on any atom is 0.308 e. The van der Waals surface area contributed by atoms with Crippen LogP contribution >= 0.6 is 0 Å². The van der Waals surface area contributed by atoms with E-state index in [1.807, 2.05) is 24.3 Å². The van der Waals surface area contributed by atoms with E-state index in [0.717, 1.165) is 49.7 Å². The summed E-state index contributed by atoms with van der Waals surface area (Å²) in [7, 11) is 4.77. The van der Waals surface area contributed by atoms with Crippen LogP contribution in [0.15, 0.2) is 24.3 Å². The predicted octanol–water partition coefficient (Wildman–Crippen LogP) is 6.60. The molecule has 0 saturated heterocycles. The summed E-state index contributed by atoms with van der Waals surface area (Å²) < 4.78 is 28.0. The normalized spacial score (nSPS) is 26.9. The number of carbonyl (C=O) groups is 2. The zero-order valence-electron chi connectivity index (χ0n) is 24.4. The van der Waals surface area contributed by atoms with Crippen molar-refractivity contribution in [3.05, 3.63) is 46.5 Å². The number of hydrogen-bond acceptors (Lipinski definition) is 7. The van der Waals surface area contributed by atoms with Crippen molar-refractivity contribution in [2.45, 2.75) is 71.3 Å². The topological polar surface area (TPSA) is 80.3 Å². The molecule has 0 bridgehead atoms. The fourth-order valence-corrected chi connectivity index (χ4v) is 7.72. The average Bonchev–Trinajstić information content (AvgIpc) is 3.25. The summed E-state index contributed by atoms with van der Waals surface area (Å²) in [4.78, 5) is 23.8. The van der Waals surface area contributed by atoms with Crippen LogP contribution in [-0.4, -0.2) is 39.4 Å². The Morgan fingerprint density at radius 3 is 2.20 bits per heavy atom. The van der Waals surface area contributed by atoms with E-state index in [1.165, 1.54) is 25.0 Å². The first-order valence-corrected chi connectivity index (χ1v) is 14.2. The molecule has 0 radical (unpaired) electrons. The van der Waals surface area contributed by atoms with Crippen LogP contribution in [0.25, 0.3) is 12.2 Å². The van der Waals surface area contributed by atoms with Crippen LogP contribution in [0.4, 0.5) is 0 Å². The van der Waals surface area contributed by atoms with E-state index in [0.29, 0.717) is 40.8 Å². The quantitative estimate of drug-likeness (QED) is 0.219. The number of carbonyl (C=O) groups excluding carboxylic acids is 2. The van der Waals surface area contributed by atoms with Gasteiger partial charge in [0.2, 0.25) is 5.75 Å². The second-order valence-electron chi connectivity index (χ2n) is 11.6. The molecule has 214 valence electrons. The van der Waals surface area contributed by atoms with Crippen molar-refractivity contribution in [3.8, 4) is 23.0 Å². The molecule has 2 aromatic carbocycles. The van der Waals surface area contributed by atoms with Crippen LogP contribution in [0.5, 0.6) is 23.0 Å². The predicted molar refractivity (Wildman–Crippen MR) is 153 cm³/mol. The fourth-order valence-electron chi connectivity index (χ4n) is 7.72. The summed E-state index contributed by atoms with van der Waals surface area (Å²) in [5, 5.41) is 0. The maximum absolute atomic E-state index is 12.0. The minimum atomic E-state index is -0.341. The van der Waals surface area contributed by atoms with Crippen LogP contribution in [0.3, 0.4) is 0 Å². The van der Waals surface area contributed by atoms with Crippen molar-refractivity contribution in [2.75, 3.05) is 21.3 Å². The van der Waals surface area contributed by atoms with E-state index in [4.69, 9.17) is 23.7 Å². The van der Waals surface area contributed by atoms with Gasteiger partial charge >= 0.3 is 11.9 Å². The molecule has 40 heavy (non-hydrogen) atoms. The molecule has 3 aliphatic carbocycles. The largest absolute Gasteiger partial charge is 0.493 e. The van der Waals surface area contributed by atoms with E-state index < -0.39 is 0 Å². The van der Waals surface area contributed by atoms with Gasteiger partial charge in [-0.1, -0.05) is 19.1 Å². The third-order valence-corrected chi connectivity index (χ3v) is 9.47. The van der Waals surface area contributed by atoms with E-state index in [9.17, 15) is 9.59 Å². The smallest absolute Gasteiger partial charge is 0.308 e. The van der Waals surface area contributed by atoms with E-state index in [-0.39, 0.29) is 23.5 Å². The second-order valence-corrected chi connectivity index (χ2v) is 11.6. The Hall–Kier alpha value is -3.48. The zero-order valence-corrected chi connectivity index (χ0v) is 24.4. The first-order valence-electron chi connectivity index (χ1n) is 14.2. The standard InChI is InChI=1S/C33H40O7/c1-19(34)39-28-18-22-9-10-25-24(13-14-33(3)27(25)11-12-31(33)40-20(2)35)26(22)17-23(28)8-7-21-15-29(36-4)32(38-6)30(16-21)37-5/h7-8,15-18,24-25,27,31H,9-14H2,1-6H3/b8-7-/t24-,25+,27-,31-,33-/m0/s1. The highest BCUT2D eigenvalue weighted by molar-refractivity contribution is 5.78. The van der Waals surface area contributed by atoms with Crippen molar-refractivity contribution in [2.24, 2.45) is 17.3 Å². The van der Waals surface area contributed by atoms with Gasteiger partial charge in [0.05, 0.1) is 21.3 Å². The highest BCUT2D eigenvalue weighted by atomic mass is 16.5. The molecule has 0 aliphatic heterocycles. The molecule has 5 atom stereocenters. The highest BCUT2D eigenvalue weighted by Gasteiger charge is 2.56. The monoisotopic (exact) mass is 548 g/mol. The molecule has 0 aromatic heterocycles. The minimum Gasteiger partial charge on any atom is -0.493 e.